The van der Waals surface area contributed by atoms with E-state index >= 15 is 0 Å². The summed E-state index contributed by atoms with van der Waals surface area (Å²) in [7, 11) is 2.14. The molecule has 0 unspecified atom stereocenters. The van der Waals surface area contributed by atoms with E-state index in [0.29, 0.717) is 6.10 Å². The van der Waals surface area contributed by atoms with Gasteiger partial charge in [-0.05, 0) is 26.8 Å². The van der Waals surface area contributed by atoms with Crippen LogP contribution in [0, 0.1) is 5.92 Å². The minimum absolute atomic E-state index is 0.359. The predicted molar refractivity (Wildman–Crippen MR) is 53.4 cm³/mol. The third kappa shape index (κ3) is 8.02. The molecule has 0 bridgehead atoms. The summed E-state index contributed by atoms with van der Waals surface area (Å²) < 4.78 is 5.45. The average molecular weight is 173 g/mol. The van der Waals surface area contributed by atoms with E-state index in [9.17, 15) is 0 Å². The van der Waals surface area contributed by atoms with Gasteiger partial charge in [0.1, 0.15) is 0 Å². The first kappa shape index (κ1) is 11.9. The molecule has 2 nitrogen and oxygen atoms in total. The summed E-state index contributed by atoms with van der Waals surface area (Å²) >= 11 is 0. The average Bonchev–Trinajstić information content (AvgIpc) is 1.84. The van der Waals surface area contributed by atoms with Crippen molar-refractivity contribution in [2.24, 2.45) is 5.92 Å². The molecule has 0 aromatic rings. The van der Waals surface area contributed by atoms with Crippen molar-refractivity contribution in [1.29, 1.82) is 0 Å². The van der Waals surface area contributed by atoms with Gasteiger partial charge in [-0.15, -0.1) is 0 Å². The number of rotatable bonds is 6. The zero-order chi connectivity index (χ0) is 9.56. The van der Waals surface area contributed by atoms with Crippen molar-refractivity contribution in [2.75, 3.05) is 26.7 Å². The SMILES string of the molecule is CC(C)CN(C)CCOC(C)C. The molecule has 0 fully saturated rings. The minimum atomic E-state index is 0.359. The van der Waals surface area contributed by atoms with E-state index in [-0.39, 0.29) is 0 Å². The van der Waals surface area contributed by atoms with Gasteiger partial charge in [0.15, 0.2) is 0 Å². The molecule has 0 rings (SSSR count). The summed E-state index contributed by atoms with van der Waals surface area (Å²) in [5.74, 6) is 0.744. The third-order valence-corrected chi connectivity index (χ3v) is 1.60. The third-order valence-electron chi connectivity index (χ3n) is 1.60. The van der Waals surface area contributed by atoms with Crippen LogP contribution in [0.5, 0.6) is 0 Å². The molecule has 0 aliphatic carbocycles. The summed E-state index contributed by atoms with van der Waals surface area (Å²) in [5, 5.41) is 0. The van der Waals surface area contributed by atoms with Gasteiger partial charge in [-0.3, -0.25) is 0 Å². The largest absolute Gasteiger partial charge is 0.377 e. The van der Waals surface area contributed by atoms with Crippen LogP contribution < -0.4 is 0 Å². The molecule has 0 aliphatic rings. The maximum atomic E-state index is 5.45. The molecule has 2 heteroatoms. The molecule has 0 aromatic heterocycles. The van der Waals surface area contributed by atoms with Gasteiger partial charge >= 0.3 is 0 Å². The second-order valence-electron chi connectivity index (χ2n) is 4.08. The van der Waals surface area contributed by atoms with E-state index in [1.165, 1.54) is 0 Å². The summed E-state index contributed by atoms with van der Waals surface area (Å²) in [4.78, 5) is 2.31. The fourth-order valence-electron chi connectivity index (χ4n) is 1.16. The summed E-state index contributed by atoms with van der Waals surface area (Å²) in [5.41, 5.74) is 0. The highest BCUT2D eigenvalue weighted by Crippen LogP contribution is 1.95. The second kappa shape index (κ2) is 6.44. The van der Waals surface area contributed by atoms with E-state index in [0.717, 1.165) is 25.6 Å². The first-order valence-electron chi connectivity index (χ1n) is 4.82. The van der Waals surface area contributed by atoms with Crippen LogP contribution in [0.1, 0.15) is 27.7 Å². The van der Waals surface area contributed by atoms with Crippen LogP contribution in [-0.4, -0.2) is 37.7 Å². The van der Waals surface area contributed by atoms with Crippen molar-refractivity contribution >= 4 is 0 Å². The monoisotopic (exact) mass is 173 g/mol. The Kier molecular flexibility index (Phi) is 6.39. The van der Waals surface area contributed by atoms with Crippen molar-refractivity contribution in [1.82, 2.24) is 4.90 Å². The van der Waals surface area contributed by atoms with Crippen LogP contribution in [0.2, 0.25) is 0 Å². The van der Waals surface area contributed by atoms with Gasteiger partial charge in [-0.25, -0.2) is 0 Å². The molecule has 12 heavy (non-hydrogen) atoms. The summed E-state index contributed by atoms with van der Waals surface area (Å²) in [6, 6.07) is 0. The van der Waals surface area contributed by atoms with Crippen molar-refractivity contribution in [3.63, 3.8) is 0 Å². The topological polar surface area (TPSA) is 12.5 Å². The van der Waals surface area contributed by atoms with E-state index in [2.05, 4.69) is 39.6 Å². The lowest BCUT2D eigenvalue weighted by Gasteiger charge is -2.19. The molecule has 0 aromatic carbocycles. The Hall–Kier alpha value is -0.0800. The van der Waals surface area contributed by atoms with Crippen molar-refractivity contribution in [3.05, 3.63) is 0 Å². The van der Waals surface area contributed by atoms with Crippen molar-refractivity contribution in [3.8, 4) is 0 Å². The lowest BCUT2D eigenvalue weighted by molar-refractivity contribution is 0.0621. The molecule has 0 saturated heterocycles. The Balaban J connectivity index is 3.25. The number of nitrogens with zero attached hydrogens (tertiary/aromatic N) is 1. The first-order valence-corrected chi connectivity index (χ1v) is 4.82. The summed E-state index contributed by atoms with van der Waals surface area (Å²) in [6.07, 6.45) is 0.359. The highest BCUT2D eigenvalue weighted by molar-refractivity contribution is 4.54. The molecule has 0 N–H and O–H groups in total. The number of ether oxygens (including phenoxy) is 1. The van der Waals surface area contributed by atoms with Crippen molar-refractivity contribution < 1.29 is 4.74 Å². The van der Waals surface area contributed by atoms with Gasteiger partial charge in [0.2, 0.25) is 0 Å². The van der Waals surface area contributed by atoms with Crippen LogP contribution in [0.3, 0.4) is 0 Å². The molecule has 0 amide bonds. The van der Waals surface area contributed by atoms with Crippen LogP contribution in [0.15, 0.2) is 0 Å². The molecule has 0 spiro atoms. The number of hydrogen-bond donors (Lipinski definition) is 0. The van der Waals surface area contributed by atoms with E-state index in [1.807, 2.05) is 0 Å². The van der Waals surface area contributed by atoms with E-state index < -0.39 is 0 Å². The fourth-order valence-corrected chi connectivity index (χ4v) is 1.16. The Labute approximate surface area is 76.9 Å². The molecule has 0 saturated carbocycles. The van der Waals surface area contributed by atoms with E-state index in [4.69, 9.17) is 4.74 Å². The molecular weight excluding hydrogens is 150 g/mol. The fraction of sp³-hybridized carbons (Fsp3) is 1.00. The highest BCUT2D eigenvalue weighted by atomic mass is 16.5. The van der Waals surface area contributed by atoms with Crippen LogP contribution >= 0.6 is 0 Å². The Morgan fingerprint density at radius 2 is 1.75 bits per heavy atom. The van der Waals surface area contributed by atoms with E-state index in [1.54, 1.807) is 0 Å². The quantitative estimate of drug-likeness (QED) is 0.609. The number of hydrogen-bond acceptors (Lipinski definition) is 2. The second-order valence-corrected chi connectivity index (χ2v) is 4.08. The van der Waals surface area contributed by atoms with Crippen LogP contribution in [0.4, 0.5) is 0 Å². The van der Waals surface area contributed by atoms with Gasteiger partial charge in [-0.1, -0.05) is 13.8 Å². The smallest absolute Gasteiger partial charge is 0.0596 e. The van der Waals surface area contributed by atoms with Gasteiger partial charge in [0.05, 0.1) is 12.7 Å². The zero-order valence-electron chi connectivity index (χ0n) is 9.13. The number of likely N-dealkylation sites (N-methyl/N-ethyl adjacent to an activating group) is 1. The molecule has 74 valence electrons. The first-order chi connectivity index (χ1) is 5.52. The van der Waals surface area contributed by atoms with Crippen LogP contribution in [0.25, 0.3) is 0 Å². The lowest BCUT2D eigenvalue weighted by Crippen LogP contribution is -2.27. The van der Waals surface area contributed by atoms with Gasteiger partial charge in [0, 0.05) is 13.1 Å². The Morgan fingerprint density at radius 1 is 1.17 bits per heavy atom. The van der Waals surface area contributed by atoms with Crippen LogP contribution in [-0.2, 0) is 4.74 Å². The summed E-state index contributed by atoms with van der Waals surface area (Å²) in [6.45, 7) is 11.7. The standard InChI is InChI=1S/C10H23NO/c1-9(2)8-11(5)6-7-12-10(3)4/h9-10H,6-8H2,1-5H3. The molecule has 0 heterocycles. The lowest BCUT2D eigenvalue weighted by atomic mass is 10.2. The van der Waals surface area contributed by atoms with Gasteiger partial charge in [-0.2, -0.15) is 0 Å². The van der Waals surface area contributed by atoms with Crippen molar-refractivity contribution in [2.45, 2.75) is 33.8 Å². The highest BCUT2D eigenvalue weighted by Gasteiger charge is 2.01. The maximum Gasteiger partial charge on any atom is 0.0596 e. The maximum absolute atomic E-state index is 5.45. The molecule has 0 atom stereocenters. The molecular formula is C10H23NO. The normalized spacial score (nSPS) is 12.0. The minimum Gasteiger partial charge on any atom is -0.377 e. The molecule has 0 aliphatic heterocycles. The van der Waals surface area contributed by atoms with Gasteiger partial charge in [0.25, 0.3) is 0 Å². The Bertz CT molecular complexity index is 102. The zero-order valence-corrected chi connectivity index (χ0v) is 9.13. The predicted octanol–water partition coefficient (Wildman–Crippen LogP) is 2.00. The molecule has 0 radical (unpaired) electrons. The van der Waals surface area contributed by atoms with Gasteiger partial charge < -0.3 is 9.64 Å². The Morgan fingerprint density at radius 3 is 2.17 bits per heavy atom.